The number of benzene rings is 1. The molecule has 1 heterocycles. The van der Waals surface area contributed by atoms with Crippen LogP contribution in [0, 0.1) is 0 Å². The van der Waals surface area contributed by atoms with Gasteiger partial charge in [0.2, 0.25) is 0 Å². The molecule has 0 aliphatic rings. The van der Waals surface area contributed by atoms with E-state index in [0.717, 1.165) is 17.7 Å². The van der Waals surface area contributed by atoms with Gasteiger partial charge in [-0.2, -0.15) is 0 Å². The third-order valence-corrected chi connectivity index (χ3v) is 2.45. The van der Waals surface area contributed by atoms with Crippen molar-refractivity contribution in [2.45, 2.75) is 19.4 Å². The second kappa shape index (κ2) is 4.90. The fourth-order valence-electron chi connectivity index (χ4n) is 1.76. The van der Waals surface area contributed by atoms with Crippen LogP contribution in [0.5, 0.6) is 0 Å². The van der Waals surface area contributed by atoms with Crippen molar-refractivity contribution in [3.8, 4) is 11.3 Å². The van der Waals surface area contributed by atoms with Crippen LogP contribution in [-0.2, 0) is 6.42 Å². The zero-order chi connectivity index (χ0) is 11.4. The zero-order valence-corrected chi connectivity index (χ0v) is 9.43. The van der Waals surface area contributed by atoms with Gasteiger partial charge < -0.3 is 5.73 Å². The minimum absolute atomic E-state index is 0.194. The fourth-order valence-corrected chi connectivity index (χ4v) is 1.76. The van der Waals surface area contributed by atoms with E-state index in [4.69, 9.17) is 5.73 Å². The van der Waals surface area contributed by atoms with E-state index in [1.54, 1.807) is 0 Å². The number of pyridine rings is 1. The Morgan fingerprint density at radius 1 is 1.19 bits per heavy atom. The molecule has 0 amide bonds. The molecule has 0 fully saturated rings. The van der Waals surface area contributed by atoms with Crippen LogP contribution >= 0.6 is 0 Å². The standard InChI is InChI=1S/C14H16N2/c1-11(15)9-12-5-4-6-13(10-12)14-7-2-3-8-16-14/h2-8,10-11H,9,15H2,1H3. The molecule has 0 aliphatic carbocycles. The summed E-state index contributed by atoms with van der Waals surface area (Å²) in [4.78, 5) is 4.34. The number of hydrogen-bond donors (Lipinski definition) is 1. The van der Waals surface area contributed by atoms with Crippen molar-refractivity contribution < 1.29 is 0 Å². The number of aromatic nitrogens is 1. The second-order valence-corrected chi connectivity index (χ2v) is 4.10. The maximum absolute atomic E-state index is 5.80. The molecule has 2 N–H and O–H groups in total. The molecule has 1 aromatic carbocycles. The van der Waals surface area contributed by atoms with Crippen molar-refractivity contribution in [2.24, 2.45) is 5.73 Å². The lowest BCUT2D eigenvalue weighted by molar-refractivity contribution is 0.738. The van der Waals surface area contributed by atoms with Gasteiger partial charge in [-0.25, -0.2) is 0 Å². The van der Waals surface area contributed by atoms with Gasteiger partial charge in [0.1, 0.15) is 0 Å². The van der Waals surface area contributed by atoms with E-state index in [1.165, 1.54) is 5.56 Å². The largest absolute Gasteiger partial charge is 0.328 e. The van der Waals surface area contributed by atoms with Crippen LogP contribution in [0.15, 0.2) is 48.7 Å². The molecule has 0 aliphatic heterocycles. The van der Waals surface area contributed by atoms with Gasteiger partial charge in [-0.1, -0.05) is 24.3 Å². The first-order valence-corrected chi connectivity index (χ1v) is 5.51. The molecule has 16 heavy (non-hydrogen) atoms. The highest BCUT2D eigenvalue weighted by atomic mass is 14.7. The Labute approximate surface area is 96.1 Å². The van der Waals surface area contributed by atoms with Gasteiger partial charge >= 0.3 is 0 Å². The van der Waals surface area contributed by atoms with Gasteiger partial charge in [-0.05, 0) is 37.1 Å². The summed E-state index contributed by atoms with van der Waals surface area (Å²) < 4.78 is 0. The quantitative estimate of drug-likeness (QED) is 0.849. The van der Waals surface area contributed by atoms with Crippen LogP contribution in [0.3, 0.4) is 0 Å². The van der Waals surface area contributed by atoms with E-state index in [2.05, 4.69) is 29.2 Å². The lowest BCUT2D eigenvalue weighted by Crippen LogP contribution is -2.17. The van der Waals surface area contributed by atoms with E-state index in [-0.39, 0.29) is 6.04 Å². The van der Waals surface area contributed by atoms with Crippen LogP contribution in [0.25, 0.3) is 11.3 Å². The molecule has 0 saturated heterocycles. The lowest BCUT2D eigenvalue weighted by atomic mass is 10.0. The summed E-state index contributed by atoms with van der Waals surface area (Å²) in [6, 6.07) is 14.5. The lowest BCUT2D eigenvalue weighted by Gasteiger charge is -2.07. The Kier molecular flexibility index (Phi) is 3.32. The van der Waals surface area contributed by atoms with Crippen molar-refractivity contribution in [1.82, 2.24) is 4.98 Å². The number of nitrogens with zero attached hydrogens (tertiary/aromatic N) is 1. The molecule has 1 unspecified atom stereocenters. The monoisotopic (exact) mass is 212 g/mol. The van der Waals surface area contributed by atoms with E-state index in [0.29, 0.717) is 0 Å². The van der Waals surface area contributed by atoms with Crippen molar-refractivity contribution in [1.29, 1.82) is 0 Å². The number of nitrogens with two attached hydrogens (primary N) is 1. The summed E-state index contributed by atoms with van der Waals surface area (Å²) in [6.45, 7) is 2.02. The van der Waals surface area contributed by atoms with Gasteiger partial charge in [0.25, 0.3) is 0 Å². The van der Waals surface area contributed by atoms with Crippen molar-refractivity contribution in [3.05, 3.63) is 54.2 Å². The van der Waals surface area contributed by atoms with Crippen LogP contribution in [0.4, 0.5) is 0 Å². The van der Waals surface area contributed by atoms with Gasteiger partial charge in [0.15, 0.2) is 0 Å². The smallest absolute Gasteiger partial charge is 0.0702 e. The Morgan fingerprint density at radius 3 is 2.75 bits per heavy atom. The van der Waals surface area contributed by atoms with E-state index in [1.807, 2.05) is 31.3 Å². The van der Waals surface area contributed by atoms with Gasteiger partial charge in [-0.15, -0.1) is 0 Å². The maximum Gasteiger partial charge on any atom is 0.0702 e. The highest BCUT2D eigenvalue weighted by Crippen LogP contribution is 2.18. The summed E-state index contributed by atoms with van der Waals surface area (Å²) in [5.41, 5.74) is 9.22. The molecule has 1 aromatic heterocycles. The molecule has 0 spiro atoms. The molecule has 0 bridgehead atoms. The molecular formula is C14H16N2. The fraction of sp³-hybridized carbons (Fsp3) is 0.214. The molecule has 0 radical (unpaired) electrons. The summed E-state index contributed by atoms with van der Waals surface area (Å²) in [5, 5.41) is 0. The molecule has 0 saturated carbocycles. The molecule has 2 heteroatoms. The number of hydrogen-bond acceptors (Lipinski definition) is 2. The Hall–Kier alpha value is -1.67. The Balaban J connectivity index is 2.29. The highest BCUT2D eigenvalue weighted by Gasteiger charge is 2.01. The van der Waals surface area contributed by atoms with Crippen molar-refractivity contribution in [3.63, 3.8) is 0 Å². The van der Waals surface area contributed by atoms with Gasteiger partial charge in [-0.3, -0.25) is 4.98 Å². The molecule has 2 aromatic rings. The SMILES string of the molecule is CC(N)Cc1cccc(-c2ccccn2)c1. The summed E-state index contributed by atoms with van der Waals surface area (Å²) in [5.74, 6) is 0. The van der Waals surface area contributed by atoms with Crippen LogP contribution in [-0.4, -0.2) is 11.0 Å². The first kappa shape index (κ1) is 10.8. The minimum atomic E-state index is 0.194. The molecular weight excluding hydrogens is 196 g/mol. The highest BCUT2D eigenvalue weighted by molar-refractivity contribution is 5.59. The minimum Gasteiger partial charge on any atom is -0.328 e. The predicted molar refractivity (Wildman–Crippen MR) is 67.0 cm³/mol. The normalized spacial score (nSPS) is 12.4. The third kappa shape index (κ3) is 2.67. The summed E-state index contributed by atoms with van der Waals surface area (Å²) in [6.07, 6.45) is 2.72. The number of rotatable bonds is 3. The summed E-state index contributed by atoms with van der Waals surface area (Å²) >= 11 is 0. The average Bonchev–Trinajstić information content (AvgIpc) is 2.30. The van der Waals surface area contributed by atoms with Crippen LogP contribution in [0.2, 0.25) is 0 Å². The molecule has 1 atom stereocenters. The van der Waals surface area contributed by atoms with Crippen molar-refractivity contribution in [2.75, 3.05) is 0 Å². The predicted octanol–water partition coefficient (Wildman–Crippen LogP) is 2.64. The first-order valence-electron chi connectivity index (χ1n) is 5.51. The second-order valence-electron chi connectivity index (χ2n) is 4.10. The van der Waals surface area contributed by atoms with Crippen molar-refractivity contribution >= 4 is 0 Å². The molecule has 82 valence electrons. The summed E-state index contributed by atoms with van der Waals surface area (Å²) in [7, 11) is 0. The topological polar surface area (TPSA) is 38.9 Å². The van der Waals surface area contributed by atoms with E-state index in [9.17, 15) is 0 Å². The van der Waals surface area contributed by atoms with Gasteiger partial charge in [0, 0.05) is 17.8 Å². The van der Waals surface area contributed by atoms with E-state index >= 15 is 0 Å². The average molecular weight is 212 g/mol. The van der Waals surface area contributed by atoms with Gasteiger partial charge in [0.05, 0.1) is 5.69 Å². The Morgan fingerprint density at radius 2 is 2.06 bits per heavy atom. The molecule has 2 nitrogen and oxygen atoms in total. The maximum atomic E-state index is 5.80. The zero-order valence-electron chi connectivity index (χ0n) is 9.43. The molecule has 2 rings (SSSR count). The first-order chi connectivity index (χ1) is 7.75. The third-order valence-electron chi connectivity index (χ3n) is 2.45. The van der Waals surface area contributed by atoms with Crippen LogP contribution in [0.1, 0.15) is 12.5 Å². The Bertz CT molecular complexity index is 449. The van der Waals surface area contributed by atoms with E-state index < -0.39 is 0 Å². The van der Waals surface area contributed by atoms with Crippen LogP contribution < -0.4 is 5.73 Å².